The third-order valence-electron chi connectivity index (χ3n) is 3.56. The van der Waals surface area contributed by atoms with E-state index in [1.54, 1.807) is 17.8 Å². The number of hydrogen-bond donors (Lipinski definition) is 1. The molecule has 1 heterocycles. The summed E-state index contributed by atoms with van der Waals surface area (Å²) in [5, 5.41) is 0.141. The zero-order valence-electron chi connectivity index (χ0n) is 11.6. The highest BCUT2D eigenvalue weighted by molar-refractivity contribution is 9.10. The van der Waals surface area contributed by atoms with Crippen molar-refractivity contribution < 1.29 is 8.42 Å². The number of thioether (sulfide) groups is 1. The monoisotopic (exact) mass is 412 g/mol. The van der Waals surface area contributed by atoms with Gasteiger partial charge in [-0.3, -0.25) is 4.90 Å². The molecule has 1 aliphatic heterocycles. The first kappa shape index (κ1) is 17.6. The van der Waals surface area contributed by atoms with Gasteiger partial charge in [0.1, 0.15) is 5.37 Å². The van der Waals surface area contributed by atoms with Crippen LogP contribution in [0.3, 0.4) is 0 Å². The maximum Gasteiger partial charge on any atom is 0.164 e. The molecule has 0 saturated carbocycles. The number of nitrogens with zero attached hydrogens (tertiary/aromatic N) is 1. The van der Waals surface area contributed by atoms with E-state index in [2.05, 4.69) is 15.9 Å². The van der Waals surface area contributed by atoms with Gasteiger partial charge in [-0.1, -0.05) is 33.6 Å². The minimum absolute atomic E-state index is 0.141. The van der Waals surface area contributed by atoms with Gasteiger partial charge in [0.05, 0.1) is 0 Å². The molecule has 2 rings (SSSR count). The third kappa shape index (κ3) is 4.14. The van der Waals surface area contributed by atoms with Gasteiger partial charge in [0.15, 0.2) is 9.84 Å². The van der Waals surface area contributed by atoms with Crippen LogP contribution in [0.1, 0.15) is 11.6 Å². The van der Waals surface area contributed by atoms with Crippen molar-refractivity contribution in [2.45, 2.75) is 11.4 Å². The van der Waals surface area contributed by atoms with Crippen LogP contribution in [0.15, 0.2) is 22.7 Å². The Labute approximate surface area is 143 Å². The largest absolute Gasteiger partial charge is 0.329 e. The van der Waals surface area contributed by atoms with Crippen molar-refractivity contribution in [3.8, 4) is 0 Å². The zero-order valence-corrected chi connectivity index (χ0v) is 15.6. The predicted octanol–water partition coefficient (Wildman–Crippen LogP) is 2.52. The SMILES string of the molecule is CS(=O)(=O)C1CSCCN1C(CN)c1ccc(Cl)cc1Br. The van der Waals surface area contributed by atoms with Crippen LogP contribution in [-0.4, -0.2) is 49.5 Å². The summed E-state index contributed by atoms with van der Waals surface area (Å²) in [4.78, 5) is 2.00. The molecule has 2 atom stereocenters. The summed E-state index contributed by atoms with van der Waals surface area (Å²) in [6, 6.07) is 5.38. The van der Waals surface area contributed by atoms with Crippen LogP contribution in [-0.2, 0) is 9.84 Å². The molecule has 0 radical (unpaired) electrons. The van der Waals surface area contributed by atoms with Crippen LogP contribution >= 0.6 is 39.3 Å². The van der Waals surface area contributed by atoms with E-state index in [0.29, 0.717) is 23.9 Å². The minimum atomic E-state index is -3.15. The molecule has 0 amide bonds. The second kappa shape index (κ2) is 7.19. The van der Waals surface area contributed by atoms with Gasteiger partial charge in [0, 0.05) is 46.4 Å². The van der Waals surface area contributed by atoms with Crippen molar-refractivity contribution in [3.63, 3.8) is 0 Å². The molecule has 1 aromatic carbocycles. The van der Waals surface area contributed by atoms with Crippen LogP contribution in [0.25, 0.3) is 0 Å². The van der Waals surface area contributed by atoms with Crippen molar-refractivity contribution in [1.29, 1.82) is 0 Å². The molecule has 0 spiro atoms. The number of benzene rings is 1. The van der Waals surface area contributed by atoms with Crippen LogP contribution in [0.2, 0.25) is 5.02 Å². The topological polar surface area (TPSA) is 63.4 Å². The van der Waals surface area contributed by atoms with Crippen molar-refractivity contribution in [2.24, 2.45) is 5.73 Å². The van der Waals surface area contributed by atoms with Gasteiger partial charge in [-0.05, 0) is 17.7 Å². The molecule has 0 aliphatic carbocycles. The molecule has 4 nitrogen and oxygen atoms in total. The molecule has 0 aromatic heterocycles. The molecule has 0 bridgehead atoms. The highest BCUT2D eigenvalue weighted by atomic mass is 79.9. The fraction of sp³-hybridized carbons (Fsp3) is 0.538. The maximum atomic E-state index is 12.1. The summed E-state index contributed by atoms with van der Waals surface area (Å²) >= 11 is 11.2. The number of sulfone groups is 1. The standard InChI is InChI=1S/C13H18BrClN2O2S2/c1-21(18,19)13-8-20-5-4-17(13)12(7-16)10-3-2-9(15)6-11(10)14/h2-3,6,12-13H,4-5,7-8,16H2,1H3. The lowest BCUT2D eigenvalue weighted by Gasteiger charge is -2.40. The van der Waals surface area contributed by atoms with Gasteiger partial charge in [-0.15, -0.1) is 0 Å². The Morgan fingerprint density at radius 2 is 2.29 bits per heavy atom. The number of halogens is 2. The Kier molecular flexibility index (Phi) is 6.01. The van der Waals surface area contributed by atoms with E-state index >= 15 is 0 Å². The van der Waals surface area contributed by atoms with Crippen molar-refractivity contribution in [1.82, 2.24) is 4.90 Å². The van der Waals surface area contributed by atoms with E-state index < -0.39 is 15.2 Å². The highest BCUT2D eigenvalue weighted by Crippen LogP contribution is 2.34. The second-order valence-corrected chi connectivity index (χ2v) is 9.66. The Morgan fingerprint density at radius 1 is 1.57 bits per heavy atom. The van der Waals surface area contributed by atoms with Crippen LogP contribution in [0, 0.1) is 0 Å². The molecule has 1 aliphatic rings. The van der Waals surface area contributed by atoms with Gasteiger partial charge in [0.2, 0.25) is 0 Å². The van der Waals surface area contributed by atoms with Crippen molar-refractivity contribution >= 4 is 49.1 Å². The molecule has 2 unspecified atom stereocenters. The van der Waals surface area contributed by atoms with Gasteiger partial charge >= 0.3 is 0 Å². The van der Waals surface area contributed by atoms with E-state index in [1.165, 1.54) is 6.26 Å². The van der Waals surface area contributed by atoms with E-state index in [9.17, 15) is 8.42 Å². The molecular formula is C13H18BrClN2O2S2. The lowest BCUT2D eigenvalue weighted by molar-refractivity contribution is 0.197. The Bertz CT molecular complexity index is 612. The summed E-state index contributed by atoms with van der Waals surface area (Å²) < 4.78 is 25.0. The number of rotatable bonds is 4. The number of nitrogens with two attached hydrogens (primary N) is 1. The summed E-state index contributed by atoms with van der Waals surface area (Å²) in [5.74, 6) is 1.49. The minimum Gasteiger partial charge on any atom is -0.329 e. The first-order chi connectivity index (χ1) is 9.84. The maximum absolute atomic E-state index is 12.1. The fourth-order valence-electron chi connectivity index (χ4n) is 2.53. The summed E-state index contributed by atoms with van der Waals surface area (Å²) in [6.45, 7) is 1.07. The summed E-state index contributed by atoms with van der Waals surface area (Å²) in [7, 11) is -3.15. The molecule has 1 fully saturated rings. The summed E-state index contributed by atoms with van der Waals surface area (Å²) in [5.41, 5.74) is 6.93. The molecule has 1 aromatic rings. The molecular weight excluding hydrogens is 396 g/mol. The van der Waals surface area contributed by atoms with Crippen LogP contribution in [0.4, 0.5) is 0 Å². The lowest BCUT2D eigenvalue weighted by atomic mass is 10.1. The molecule has 8 heteroatoms. The van der Waals surface area contributed by atoms with Crippen molar-refractivity contribution in [3.05, 3.63) is 33.3 Å². The average Bonchev–Trinajstić information content (AvgIpc) is 2.41. The van der Waals surface area contributed by atoms with Gasteiger partial charge in [-0.2, -0.15) is 11.8 Å². The van der Waals surface area contributed by atoms with Crippen LogP contribution < -0.4 is 5.73 Å². The Hall–Kier alpha value is 0.210. The quantitative estimate of drug-likeness (QED) is 0.822. The average molecular weight is 414 g/mol. The smallest absolute Gasteiger partial charge is 0.164 e. The number of hydrogen-bond acceptors (Lipinski definition) is 5. The molecule has 118 valence electrons. The van der Waals surface area contributed by atoms with E-state index in [-0.39, 0.29) is 6.04 Å². The second-order valence-electron chi connectivity index (χ2n) is 5.01. The normalized spacial score (nSPS) is 22.2. The third-order valence-corrected chi connectivity index (χ3v) is 7.14. The van der Waals surface area contributed by atoms with Crippen LogP contribution in [0.5, 0.6) is 0 Å². The highest BCUT2D eigenvalue weighted by Gasteiger charge is 2.36. The van der Waals surface area contributed by atoms with Gasteiger partial charge in [-0.25, -0.2) is 8.42 Å². The van der Waals surface area contributed by atoms with Gasteiger partial charge in [0.25, 0.3) is 0 Å². The molecule has 1 saturated heterocycles. The molecule has 2 N–H and O–H groups in total. The Morgan fingerprint density at radius 3 is 2.86 bits per heavy atom. The van der Waals surface area contributed by atoms with E-state index in [1.807, 2.05) is 17.0 Å². The Balaban J connectivity index is 2.38. The summed E-state index contributed by atoms with van der Waals surface area (Å²) in [6.07, 6.45) is 1.29. The predicted molar refractivity (Wildman–Crippen MR) is 93.6 cm³/mol. The first-order valence-electron chi connectivity index (χ1n) is 6.52. The fourth-order valence-corrected chi connectivity index (χ4v) is 6.40. The lowest BCUT2D eigenvalue weighted by Crippen LogP contribution is -2.50. The van der Waals surface area contributed by atoms with E-state index in [4.69, 9.17) is 17.3 Å². The van der Waals surface area contributed by atoms with Gasteiger partial charge < -0.3 is 5.73 Å². The zero-order chi connectivity index (χ0) is 15.6. The van der Waals surface area contributed by atoms with Crippen molar-refractivity contribution in [2.75, 3.05) is 30.9 Å². The van der Waals surface area contributed by atoms with E-state index in [0.717, 1.165) is 15.8 Å². The molecule has 21 heavy (non-hydrogen) atoms. The first-order valence-corrected chi connectivity index (χ1v) is 10.8.